The molecule has 51 heavy (non-hydrogen) atoms. The van der Waals surface area contributed by atoms with Crippen LogP contribution in [-0.4, -0.2) is 87.0 Å². The number of aromatic nitrogens is 1. The summed E-state index contributed by atoms with van der Waals surface area (Å²) in [5, 5.41) is 0.988. The minimum Gasteiger partial charge on any atom is -0.336 e. The van der Waals surface area contributed by atoms with Gasteiger partial charge in [0.05, 0.1) is 17.1 Å². The van der Waals surface area contributed by atoms with E-state index in [1.54, 1.807) is 41.3 Å². The number of hydrogen-bond acceptors (Lipinski definition) is 6. The van der Waals surface area contributed by atoms with Crippen molar-refractivity contribution in [3.63, 3.8) is 0 Å². The molecule has 1 saturated carbocycles. The molecule has 268 valence electrons. The summed E-state index contributed by atoms with van der Waals surface area (Å²) in [5.74, 6) is -0.614. The Balaban J connectivity index is 1.26. The molecule has 1 N–H and O–H groups in total. The zero-order valence-corrected chi connectivity index (χ0v) is 30.8. The second kappa shape index (κ2) is 13.7. The van der Waals surface area contributed by atoms with Gasteiger partial charge in [-0.15, -0.1) is 0 Å². The molecule has 3 heterocycles. The molecule has 2 fully saturated rings. The molecule has 4 aromatic rings. The molecule has 13 heteroatoms. The Labute approximate surface area is 299 Å². The van der Waals surface area contributed by atoms with E-state index in [4.69, 9.17) is 0 Å². The molecule has 0 bridgehead atoms. The molecular weight excluding hydrogens is 687 g/mol. The highest BCUT2D eigenvalue weighted by molar-refractivity contribution is 7.89. The molecule has 0 atom stereocenters. The Morgan fingerprint density at radius 2 is 1.53 bits per heavy atom. The van der Waals surface area contributed by atoms with Crippen molar-refractivity contribution in [1.29, 1.82) is 0 Å². The summed E-state index contributed by atoms with van der Waals surface area (Å²) < 4.78 is 58.5. The van der Waals surface area contributed by atoms with Gasteiger partial charge in [-0.3, -0.25) is 9.59 Å². The lowest BCUT2D eigenvalue weighted by Crippen LogP contribution is -2.51. The summed E-state index contributed by atoms with van der Waals surface area (Å²) in [7, 11) is -5.00. The Hall–Kier alpha value is -4.30. The van der Waals surface area contributed by atoms with Crippen molar-refractivity contribution >= 4 is 49.0 Å². The Bertz CT molecular complexity index is 2260. The molecule has 2 aliphatic heterocycles. The van der Waals surface area contributed by atoms with Crippen LogP contribution in [0.3, 0.4) is 0 Å². The third-order valence-corrected chi connectivity index (χ3v) is 13.7. The third kappa shape index (κ3) is 6.63. The molecule has 0 radical (unpaired) electrons. The number of benzene rings is 3. The maximum Gasteiger partial charge on any atom is 0.303 e. The molecule has 11 nitrogen and oxygen atoms in total. The van der Waals surface area contributed by atoms with E-state index in [1.807, 2.05) is 37.3 Å². The lowest BCUT2D eigenvalue weighted by molar-refractivity contribution is -0.128. The Morgan fingerprint density at radius 1 is 0.843 bits per heavy atom. The van der Waals surface area contributed by atoms with Crippen molar-refractivity contribution in [3.05, 3.63) is 94.6 Å². The number of fused-ring (bicyclic) bond motifs is 5. The molecule has 1 saturated heterocycles. The summed E-state index contributed by atoms with van der Waals surface area (Å²) in [6, 6.07) is 20.2. The lowest BCUT2D eigenvalue weighted by atomic mass is 9.81. The Kier molecular flexibility index (Phi) is 9.42. The summed E-state index contributed by atoms with van der Waals surface area (Å²) in [6.07, 6.45) is 7.44. The summed E-state index contributed by atoms with van der Waals surface area (Å²) in [4.78, 5) is 29.6. The number of hydrogen-bond donors (Lipinski definition) is 1. The third-order valence-electron chi connectivity index (χ3n) is 10.4. The highest BCUT2D eigenvalue weighted by atomic mass is 32.2. The molecule has 3 aromatic carbocycles. The highest BCUT2D eigenvalue weighted by Crippen LogP contribution is 2.46. The predicted molar refractivity (Wildman–Crippen MR) is 198 cm³/mol. The minimum atomic E-state index is -4.01. The van der Waals surface area contributed by atoms with Crippen molar-refractivity contribution in [2.75, 3.05) is 40.3 Å². The fraction of sp³-hybridized carbons (Fsp3) is 0.368. The van der Waals surface area contributed by atoms with Crippen molar-refractivity contribution in [2.24, 2.45) is 0 Å². The molecule has 2 amide bonds. The molecule has 3 aliphatic rings. The van der Waals surface area contributed by atoms with Gasteiger partial charge in [-0.2, -0.15) is 17.0 Å². The first-order valence-corrected chi connectivity index (χ1v) is 20.3. The summed E-state index contributed by atoms with van der Waals surface area (Å²) >= 11 is 0. The number of carbonyl (C=O) groups is 2. The number of nitrogens with one attached hydrogen (secondary N) is 1. The smallest absolute Gasteiger partial charge is 0.303 e. The van der Waals surface area contributed by atoms with Crippen LogP contribution in [0.5, 0.6) is 0 Å². The average molecular weight is 730 g/mol. The van der Waals surface area contributed by atoms with Crippen molar-refractivity contribution < 1.29 is 26.4 Å². The van der Waals surface area contributed by atoms with Crippen LogP contribution >= 0.6 is 0 Å². The van der Waals surface area contributed by atoms with Crippen LogP contribution in [0, 0.1) is 6.92 Å². The second-order valence-corrected chi connectivity index (χ2v) is 17.7. The minimum absolute atomic E-state index is 0.169. The van der Waals surface area contributed by atoms with Crippen molar-refractivity contribution in [3.8, 4) is 11.3 Å². The van der Waals surface area contributed by atoms with E-state index in [0.29, 0.717) is 11.5 Å². The first kappa shape index (κ1) is 35.1. The monoisotopic (exact) mass is 729 g/mol. The van der Waals surface area contributed by atoms with Gasteiger partial charge in [0.2, 0.25) is 10.0 Å². The largest absolute Gasteiger partial charge is 0.336 e. The summed E-state index contributed by atoms with van der Waals surface area (Å²) in [6.45, 7) is 3.01. The van der Waals surface area contributed by atoms with Gasteiger partial charge in [-0.25, -0.2) is 13.1 Å². The van der Waals surface area contributed by atoms with Crippen molar-refractivity contribution in [1.82, 2.24) is 22.8 Å². The van der Waals surface area contributed by atoms with E-state index in [0.717, 1.165) is 63.3 Å². The molecule has 0 unspecified atom stereocenters. The van der Waals surface area contributed by atoms with Gasteiger partial charge in [0.25, 0.3) is 11.8 Å². The van der Waals surface area contributed by atoms with E-state index in [9.17, 15) is 26.4 Å². The highest BCUT2D eigenvalue weighted by Gasteiger charge is 2.34. The van der Waals surface area contributed by atoms with Gasteiger partial charge in [0.15, 0.2) is 0 Å². The van der Waals surface area contributed by atoms with Gasteiger partial charge >= 0.3 is 10.2 Å². The number of aryl methyl sites for hydroxylation is 1. The van der Waals surface area contributed by atoms with E-state index < -0.39 is 26.1 Å². The van der Waals surface area contributed by atoms with E-state index in [1.165, 1.54) is 30.4 Å². The van der Waals surface area contributed by atoms with Gasteiger partial charge in [-0.05, 0) is 67.2 Å². The van der Waals surface area contributed by atoms with Gasteiger partial charge in [-0.1, -0.05) is 67.3 Å². The first-order valence-electron chi connectivity index (χ1n) is 17.4. The zero-order valence-electron chi connectivity index (χ0n) is 29.1. The van der Waals surface area contributed by atoms with Crippen LogP contribution in [0.1, 0.15) is 65.1 Å². The summed E-state index contributed by atoms with van der Waals surface area (Å²) in [5.41, 5.74) is 6.59. The predicted octanol–water partition coefficient (Wildman–Crippen LogP) is 5.13. The van der Waals surface area contributed by atoms with E-state index in [2.05, 4.69) is 15.4 Å². The zero-order chi connectivity index (χ0) is 36.1. The molecule has 0 spiro atoms. The number of nitrogens with zero attached hydrogens (tertiary/aromatic N) is 4. The topological polar surface area (TPSA) is 129 Å². The van der Waals surface area contributed by atoms with Crippen LogP contribution in [0.2, 0.25) is 0 Å². The number of rotatable bonds is 7. The van der Waals surface area contributed by atoms with Crippen LogP contribution in [-0.2, 0) is 31.6 Å². The number of carbonyl (C=O) groups excluding carboxylic acids is 2. The Morgan fingerprint density at radius 3 is 2.22 bits per heavy atom. The van der Waals surface area contributed by atoms with Crippen LogP contribution in [0.4, 0.5) is 0 Å². The maximum absolute atomic E-state index is 14.4. The van der Waals surface area contributed by atoms with E-state index >= 15 is 0 Å². The standard InChI is InChI=1S/C38H43N5O6S2/c1-26-13-16-31(17-14-26)50(46,47)42-21-19-41(20-22-42)38(45)30-23-28-11-7-8-12-32(28)36-35(27-9-5-4-6-10-27)33-18-15-29(24-34(33)43(36)25-30)37(44)39-51(48,49)40(2)3/h7-8,11-18,23-24,27H,4-6,9-10,19-22,25H2,1-3H3,(H,39,44). The van der Waals surface area contributed by atoms with Gasteiger partial charge in [0, 0.05) is 67.9 Å². The van der Waals surface area contributed by atoms with Crippen LogP contribution in [0.25, 0.3) is 28.2 Å². The SMILES string of the molecule is Cc1ccc(S(=O)(=O)N2CCN(C(=O)C3=Cc4ccccc4-c4c(C5CCCCC5)c5ccc(C(=O)NS(=O)(=O)N(C)C)cc5n4C3)CC2)cc1. The van der Waals surface area contributed by atoms with Gasteiger partial charge in [0.1, 0.15) is 0 Å². The maximum atomic E-state index is 14.4. The first-order chi connectivity index (χ1) is 24.3. The lowest BCUT2D eigenvalue weighted by Gasteiger charge is -2.34. The number of piperazine rings is 1. The molecular formula is C38H43N5O6S2. The fourth-order valence-corrected chi connectivity index (χ4v) is 9.57. The van der Waals surface area contributed by atoms with Crippen LogP contribution in [0.15, 0.2) is 77.2 Å². The normalized spacial score (nSPS) is 17.5. The second-order valence-electron chi connectivity index (χ2n) is 13.9. The van der Waals surface area contributed by atoms with Crippen LogP contribution < -0.4 is 4.72 Å². The van der Waals surface area contributed by atoms with Gasteiger partial charge < -0.3 is 9.47 Å². The quantitative estimate of drug-likeness (QED) is 0.281. The fourth-order valence-electron chi connectivity index (χ4n) is 7.61. The number of amides is 2. The molecule has 1 aliphatic carbocycles. The molecule has 7 rings (SSSR count). The van der Waals surface area contributed by atoms with E-state index in [-0.39, 0.29) is 49.1 Å². The van der Waals surface area contributed by atoms with Crippen molar-refractivity contribution in [2.45, 2.75) is 56.4 Å². The number of sulfonamides is 1. The average Bonchev–Trinajstić information content (AvgIpc) is 3.33. The molecule has 1 aromatic heterocycles.